The molecule has 4 nitrogen and oxygen atoms in total. The van der Waals surface area contributed by atoms with Gasteiger partial charge in [0.15, 0.2) is 5.69 Å². The van der Waals surface area contributed by atoms with Crippen molar-refractivity contribution < 1.29 is 9.32 Å². The first-order valence-electron chi connectivity index (χ1n) is 4.59. The number of carbonyl (C=O) groups excluding carboxylic acids is 1. The molecule has 1 rings (SSSR count). The second-order valence-corrected chi connectivity index (χ2v) is 3.27. The Hall–Kier alpha value is -1.03. The van der Waals surface area contributed by atoms with Gasteiger partial charge in [-0.25, -0.2) is 0 Å². The van der Waals surface area contributed by atoms with Crippen LogP contribution in [0.4, 0.5) is 0 Å². The van der Waals surface area contributed by atoms with E-state index in [0.29, 0.717) is 18.1 Å². The van der Waals surface area contributed by atoms with E-state index in [1.54, 1.807) is 0 Å². The zero-order valence-electron chi connectivity index (χ0n) is 7.83. The highest BCUT2D eigenvalue weighted by Gasteiger charge is 2.06. The number of aromatic nitrogens is 1. The van der Waals surface area contributed by atoms with Crippen molar-refractivity contribution in [2.45, 2.75) is 19.3 Å². The summed E-state index contributed by atoms with van der Waals surface area (Å²) in [5.74, 6) is 0.488. The average Bonchev–Trinajstić information content (AvgIpc) is 2.70. The normalized spacial score (nSPS) is 10.1. The van der Waals surface area contributed by atoms with E-state index in [0.717, 1.165) is 19.3 Å². The third-order valence-corrected chi connectivity index (χ3v) is 2.03. The van der Waals surface area contributed by atoms with Crippen molar-refractivity contribution in [3.8, 4) is 0 Å². The lowest BCUT2D eigenvalue weighted by Gasteiger charge is -2.01. The third-order valence-electron chi connectivity index (χ3n) is 1.77. The van der Waals surface area contributed by atoms with Crippen LogP contribution in [0.1, 0.15) is 29.8 Å². The first-order chi connectivity index (χ1) is 6.84. The van der Waals surface area contributed by atoms with Gasteiger partial charge in [-0.1, -0.05) is 11.6 Å². The fourth-order valence-corrected chi connectivity index (χ4v) is 1.21. The molecule has 0 bridgehead atoms. The van der Waals surface area contributed by atoms with Gasteiger partial charge in [0.1, 0.15) is 6.26 Å². The van der Waals surface area contributed by atoms with Gasteiger partial charge in [0.05, 0.1) is 0 Å². The second-order valence-electron chi connectivity index (χ2n) is 2.89. The molecule has 1 heterocycles. The molecule has 0 radical (unpaired) electrons. The molecule has 0 aliphatic heterocycles. The Kier molecular flexibility index (Phi) is 5.07. The van der Waals surface area contributed by atoms with Crippen molar-refractivity contribution in [1.82, 2.24) is 10.5 Å². The number of hydrogen-bond donors (Lipinski definition) is 1. The molecule has 0 unspecified atom stereocenters. The van der Waals surface area contributed by atoms with Gasteiger partial charge in [-0.15, -0.1) is 11.6 Å². The third kappa shape index (κ3) is 3.79. The summed E-state index contributed by atoms with van der Waals surface area (Å²) in [7, 11) is 0. The molecule has 14 heavy (non-hydrogen) atoms. The second kappa shape index (κ2) is 6.43. The molecule has 5 heteroatoms. The van der Waals surface area contributed by atoms with E-state index in [1.807, 2.05) is 0 Å². The maximum atomic E-state index is 11.3. The largest absolute Gasteiger partial charge is 0.364 e. The molecule has 0 saturated carbocycles. The number of halogens is 1. The van der Waals surface area contributed by atoms with E-state index >= 15 is 0 Å². The number of amides is 1. The van der Waals surface area contributed by atoms with Gasteiger partial charge >= 0.3 is 0 Å². The topological polar surface area (TPSA) is 55.1 Å². The predicted molar refractivity (Wildman–Crippen MR) is 53.4 cm³/mol. The van der Waals surface area contributed by atoms with Crippen molar-refractivity contribution >= 4 is 17.5 Å². The fraction of sp³-hybridized carbons (Fsp3) is 0.556. The van der Waals surface area contributed by atoms with Crippen LogP contribution in [0.15, 0.2) is 16.9 Å². The van der Waals surface area contributed by atoms with Gasteiger partial charge < -0.3 is 9.84 Å². The molecule has 0 atom stereocenters. The van der Waals surface area contributed by atoms with E-state index in [-0.39, 0.29) is 5.91 Å². The Bertz CT molecular complexity index is 262. The molecule has 0 aromatic carbocycles. The van der Waals surface area contributed by atoms with Gasteiger partial charge in [-0.2, -0.15) is 0 Å². The first-order valence-corrected chi connectivity index (χ1v) is 5.12. The minimum Gasteiger partial charge on any atom is -0.364 e. The zero-order chi connectivity index (χ0) is 10.2. The number of unbranched alkanes of at least 4 members (excludes halogenated alkanes) is 2. The van der Waals surface area contributed by atoms with Crippen LogP contribution in [-0.4, -0.2) is 23.5 Å². The van der Waals surface area contributed by atoms with Crippen LogP contribution in [0, 0.1) is 0 Å². The number of carbonyl (C=O) groups is 1. The summed E-state index contributed by atoms with van der Waals surface area (Å²) in [6, 6.07) is 1.54. The van der Waals surface area contributed by atoms with Crippen molar-refractivity contribution in [3.63, 3.8) is 0 Å². The molecule has 0 fully saturated rings. The summed E-state index contributed by atoms with van der Waals surface area (Å²) in [6.45, 7) is 0.655. The lowest BCUT2D eigenvalue weighted by atomic mass is 10.2. The van der Waals surface area contributed by atoms with E-state index in [2.05, 4.69) is 15.0 Å². The Morgan fingerprint density at radius 1 is 1.50 bits per heavy atom. The number of hydrogen-bond acceptors (Lipinski definition) is 3. The Balaban J connectivity index is 2.10. The number of rotatable bonds is 6. The quantitative estimate of drug-likeness (QED) is 0.583. The minimum absolute atomic E-state index is 0.190. The van der Waals surface area contributed by atoms with Gasteiger partial charge in [0, 0.05) is 18.5 Å². The van der Waals surface area contributed by atoms with Crippen LogP contribution in [0.5, 0.6) is 0 Å². The molecule has 0 spiro atoms. The van der Waals surface area contributed by atoms with Crippen molar-refractivity contribution in [2.24, 2.45) is 0 Å². The standard InChI is InChI=1S/C9H13ClN2O2/c10-5-2-1-3-6-11-9(13)8-4-7-14-12-8/h4,7H,1-3,5-6H2,(H,11,13). The summed E-state index contributed by atoms with van der Waals surface area (Å²) in [6.07, 6.45) is 4.34. The smallest absolute Gasteiger partial charge is 0.273 e. The maximum absolute atomic E-state index is 11.3. The zero-order valence-corrected chi connectivity index (χ0v) is 8.59. The summed E-state index contributed by atoms with van der Waals surface area (Å²) < 4.78 is 4.55. The molecule has 0 aliphatic rings. The first kappa shape index (κ1) is 11.0. The average molecular weight is 217 g/mol. The molecule has 1 aromatic rings. The molecule has 1 amide bonds. The number of alkyl halides is 1. The lowest BCUT2D eigenvalue weighted by Crippen LogP contribution is -2.24. The monoisotopic (exact) mass is 216 g/mol. The highest BCUT2D eigenvalue weighted by molar-refractivity contribution is 6.17. The van der Waals surface area contributed by atoms with Crippen molar-refractivity contribution in [1.29, 1.82) is 0 Å². The van der Waals surface area contributed by atoms with Gasteiger partial charge in [-0.3, -0.25) is 4.79 Å². The van der Waals surface area contributed by atoms with Crippen molar-refractivity contribution in [3.05, 3.63) is 18.0 Å². The predicted octanol–water partition coefficient (Wildman–Crippen LogP) is 1.81. The highest BCUT2D eigenvalue weighted by Crippen LogP contribution is 1.97. The molecular formula is C9H13ClN2O2. The molecule has 1 aromatic heterocycles. The van der Waals surface area contributed by atoms with Crippen molar-refractivity contribution in [2.75, 3.05) is 12.4 Å². The SMILES string of the molecule is O=C(NCCCCCCl)c1ccon1. The molecule has 0 aliphatic carbocycles. The van der Waals surface area contributed by atoms with Gasteiger partial charge in [0.25, 0.3) is 5.91 Å². The van der Waals surface area contributed by atoms with Crippen LogP contribution in [-0.2, 0) is 0 Å². The molecular weight excluding hydrogens is 204 g/mol. The van der Waals surface area contributed by atoms with E-state index in [1.165, 1.54) is 12.3 Å². The summed E-state index contributed by atoms with van der Waals surface area (Å²) in [5, 5.41) is 6.26. The van der Waals surface area contributed by atoms with Crippen LogP contribution in [0.3, 0.4) is 0 Å². The van der Waals surface area contributed by atoms with Crippen LogP contribution in [0.2, 0.25) is 0 Å². The molecule has 78 valence electrons. The highest BCUT2D eigenvalue weighted by atomic mass is 35.5. The summed E-state index contributed by atoms with van der Waals surface area (Å²) in [5.41, 5.74) is 0.322. The lowest BCUT2D eigenvalue weighted by molar-refractivity contribution is 0.0944. The molecule has 0 saturated heterocycles. The summed E-state index contributed by atoms with van der Waals surface area (Å²) >= 11 is 5.51. The Morgan fingerprint density at radius 3 is 3.00 bits per heavy atom. The van der Waals surface area contributed by atoms with Crippen LogP contribution in [0.25, 0.3) is 0 Å². The number of nitrogens with zero attached hydrogens (tertiary/aromatic N) is 1. The maximum Gasteiger partial charge on any atom is 0.273 e. The minimum atomic E-state index is -0.190. The van der Waals surface area contributed by atoms with E-state index < -0.39 is 0 Å². The van der Waals surface area contributed by atoms with Gasteiger partial charge in [0.2, 0.25) is 0 Å². The van der Waals surface area contributed by atoms with Gasteiger partial charge in [-0.05, 0) is 12.8 Å². The molecule has 1 N–H and O–H groups in total. The Labute approximate surface area is 87.6 Å². The van der Waals surface area contributed by atoms with Crippen LogP contribution >= 0.6 is 11.6 Å². The fourth-order valence-electron chi connectivity index (χ4n) is 1.02. The van der Waals surface area contributed by atoms with E-state index in [9.17, 15) is 4.79 Å². The summed E-state index contributed by atoms with van der Waals surface area (Å²) in [4.78, 5) is 11.3. The van der Waals surface area contributed by atoms with Crippen LogP contribution < -0.4 is 5.32 Å². The number of nitrogens with one attached hydrogen (secondary N) is 1. The Morgan fingerprint density at radius 2 is 2.36 bits per heavy atom. The van der Waals surface area contributed by atoms with E-state index in [4.69, 9.17) is 11.6 Å².